The molecule has 2 heterocycles. The van der Waals surface area contributed by atoms with Gasteiger partial charge in [0.1, 0.15) is 11.3 Å². The number of hydrogen-bond acceptors (Lipinski definition) is 6. The summed E-state index contributed by atoms with van der Waals surface area (Å²) in [6.45, 7) is 5.31. The van der Waals surface area contributed by atoms with E-state index < -0.39 is 10.5 Å². The molecule has 1 aromatic carbocycles. The van der Waals surface area contributed by atoms with Crippen LogP contribution in [0.3, 0.4) is 0 Å². The van der Waals surface area contributed by atoms with Crippen molar-refractivity contribution in [3.05, 3.63) is 33.9 Å². The van der Waals surface area contributed by atoms with E-state index in [-0.39, 0.29) is 35.1 Å². The fourth-order valence-corrected chi connectivity index (χ4v) is 3.47. The summed E-state index contributed by atoms with van der Waals surface area (Å²) in [6.07, 6.45) is 0.497. The van der Waals surface area contributed by atoms with Crippen LogP contribution < -0.4 is 5.73 Å². The minimum Gasteiger partial charge on any atom is -0.393 e. The van der Waals surface area contributed by atoms with E-state index in [0.29, 0.717) is 19.7 Å². The standard InChI is InChI=1S/C16H21N3O5/c1-10-8-18(9-16(24-10)5-6-23-11(16)2)15(20)12-3-4-13(17)14(7-12)19(21)22/h3-4,7,10-11H,5-6,8-9,17H2,1-2H3/t10-,11-,16-/m1/s1. The second-order valence-corrected chi connectivity index (χ2v) is 6.47. The Kier molecular flexibility index (Phi) is 4.18. The second kappa shape index (κ2) is 6.03. The Labute approximate surface area is 139 Å². The first-order chi connectivity index (χ1) is 11.3. The lowest BCUT2D eigenvalue weighted by molar-refractivity contribution is -0.383. The predicted octanol–water partition coefficient (Wildman–Crippen LogP) is 1.59. The molecule has 3 rings (SSSR count). The van der Waals surface area contributed by atoms with Crippen LogP contribution in [-0.4, -0.2) is 53.2 Å². The Hall–Kier alpha value is -2.19. The van der Waals surface area contributed by atoms with Gasteiger partial charge in [-0.2, -0.15) is 0 Å². The average molecular weight is 335 g/mol. The van der Waals surface area contributed by atoms with E-state index in [9.17, 15) is 14.9 Å². The highest BCUT2D eigenvalue weighted by Gasteiger charge is 2.48. The molecule has 2 aliphatic rings. The molecule has 8 heteroatoms. The molecule has 0 aliphatic carbocycles. The molecule has 130 valence electrons. The highest BCUT2D eigenvalue weighted by molar-refractivity contribution is 5.95. The van der Waals surface area contributed by atoms with E-state index >= 15 is 0 Å². The van der Waals surface area contributed by atoms with E-state index in [1.807, 2.05) is 13.8 Å². The van der Waals surface area contributed by atoms with Gasteiger partial charge >= 0.3 is 0 Å². The van der Waals surface area contributed by atoms with Crippen LogP contribution in [0.5, 0.6) is 0 Å². The van der Waals surface area contributed by atoms with E-state index in [4.69, 9.17) is 15.2 Å². The van der Waals surface area contributed by atoms with E-state index in [2.05, 4.69) is 0 Å². The molecular formula is C16H21N3O5. The van der Waals surface area contributed by atoms with Gasteiger partial charge in [0.15, 0.2) is 0 Å². The molecule has 3 atom stereocenters. The molecule has 0 radical (unpaired) electrons. The van der Waals surface area contributed by atoms with Crippen molar-refractivity contribution in [1.29, 1.82) is 0 Å². The van der Waals surface area contributed by atoms with Gasteiger partial charge in [0.05, 0.1) is 23.7 Å². The van der Waals surface area contributed by atoms with Crippen LogP contribution >= 0.6 is 0 Å². The van der Waals surface area contributed by atoms with Crippen molar-refractivity contribution in [3.8, 4) is 0 Å². The van der Waals surface area contributed by atoms with Gasteiger partial charge in [-0.25, -0.2) is 0 Å². The molecule has 2 aliphatic heterocycles. The Morgan fingerprint density at radius 3 is 2.83 bits per heavy atom. The zero-order valence-electron chi connectivity index (χ0n) is 13.7. The average Bonchev–Trinajstić information content (AvgIpc) is 2.86. The number of nitro benzene ring substituents is 1. The van der Waals surface area contributed by atoms with Gasteiger partial charge in [-0.1, -0.05) is 0 Å². The minimum atomic E-state index is -0.581. The molecule has 0 bridgehead atoms. The zero-order chi connectivity index (χ0) is 17.5. The number of morpholine rings is 1. The molecule has 0 aromatic heterocycles. The van der Waals surface area contributed by atoms with Crippen LogP contribution in [0.2, 0.25) is 0 Å². The van der Waals surface area contributed by atoms with Crippen molar-refractivity contribution >= 4 is 17.3 Å². The van der Waals surface area contributed by atoms with Gasteiger partial charge in [-0.15, -0.1) is 0 Å². The third-order valence-electron chi connectivity index (χ3n) is 4.77. The second-order valence-electron chi connectivity index (χ2n) is 6.47. The van der Waals surface area contributed by atoms with Crippen molar-refractivity contribution in [3.63, 3.8) is 0 Å². The Bertz CT molecular complexity index is 680. The number of carbonyl (C=O) groups excluding carboxylic acids is 1. The quantitative estimate of drug-likeness (QED) is 0.499. The summed E-state index contributed by atoms with van der Waals surface area (Å²) >= 11 is 0. The largest absolute Gasteiger partial charge is 0.393 e. The van der Waals surface area contributed by atoms with Crippen molar-refractivity contribution < 1.29 is 19.2 Å². The SMILES string of the molecule is C[C@@H]1CN(C(=O)c2ccc(N)c([N+](=O)[O-])c2)C[C@@]2(CCO[C@@H]2C)O1. The van der Waals surface area contributed by atoms with E-state index in [1.165, 1.54) is 18.2 Å². The lowest BCUT2D eigenvalue weighted by atomic mass is 9.92. The number of amides is 1. The van der Waals surface area contributed by atoms with Crippen LogP contribution in [0.25, 0.3) is 0 Å². The van der Waals surface area contributed by atoms with Crippen molar-refractivity contribution in [2.75, 3.05) is 25.4 Å². The maximum atomic E-state index is 12.8. The molecule has 8 nitrogen and oxygen atoms in total. The third kappa shape index (κ3) is 2.83. The van der Waals surface area contributed by atoms with Gasteiger partial charge in [0, 0.05) is 31.2 Å². The summed E-state index contributed by atoms with van der Waals surface area (Å²) in [5, 5.41) is 11.0. The van der Waals surface area contributed by atoms with Crippen LogP contribution in [0.1, 0.15) is 30.6 Å². The summed E-state index contributed by atoms with van der Waals surface area (Å²) < 4.78 is 11.7. The number of anilines is 1. The van der Waals surface area contributed by atoms with Crippen LogP contribution in [0.15, 0.2) is 18.2 Å². The summed E-state index contributed by atoms with van der Waals surface area (Å²) in [5.41, 5.74) is 5.14. The molecule has 1 aromatic rings. The topological polar surface area (TPSA) is 108 Å². The number of benzene rings is 1. The molecule has 24 heavy (non-hydrogen) atoms. The lowest BCUT2D eigenvalue weighted by Crippen LogP contribution is -2.59. The number of rotatable bonds is 2. The summed E-state index contributed by atoms with van der Waals surface area (Å²) in [7, 11) is 0. The first-order valence-corrected chi connectivity index (χ1v) is 7.95. The summed E-state index contributed by atoms with van der Waals surface area (Å²) in [5.74, 6) is -0.258. The highest BCUT2D eigenvalue weighted by atomic mass is 16.6. The minimum absolute atomic E-state index is 0.0428. The molecule has 1 amide bonds. The van der Waals surface area contributed by atoms with Gasteiger partial charge in [0.25, 0.3) is 11.6 Å². The maximum absolute atomic E-state index is 12.8. The molecular weight excluding hydrogens is 314 g/mol. The lowest BCUT2D eigenvalue weighted by Gasteiger charge is -2.45. The normalized spacial score (nSPS) is 29.8. The van der Waals surface area contributed by atoms with Gasteiger partial charge in [-0.05, 0) is 26.0 Å². The van der Waals surface area contributed by atoms with Crippen molar-refractivity contribution in [1.82, 2.24) is 4.90 Å². The highest BCUT2D eigenvalue weighted by Crippen LogP contribution is 2.35. The number of hydrogen-bond donors (Lipinski definition) is 1. The van der Waals surface area contributed by atoms with E-state index in [1.54, 1.807) is 4.90 Å². The van der Waals surface area contributed by atoms with Gasteiger partial charge in [0.2, 0.25) is 0 Å². The summed E-state index contributed by atoms with van der Waals surface area (Å²) in [6, 6.07) is 4.15. The van der Waals surface area contributed by atoms with Crippen molar-refractivity contribution in [2.24, 2.45) is 0 Å². The number of carbonyl (C=O) groups is 1. The van der Waals surface area contributed by atoms with Crippen LogP contribution in [-0.2, 0) is 9.47 Å². The van der Waals surface area contributed by atoms with Gasteiger partial charge in [-0.3, -0.25) is 14.9 Å². The Morgan fingerprint density at radius 1 is 1.46 bits per heavy atom. The maximum Gasteiger partial charge on any atom is 0.292 e. The van der Waals surface area contributed by atoms with E-state index in [0.717, 1.165) is 6.42 Å². The number of nitrogens with two attached hydrogens (primary N) is 1. The first kappa shape index (κ1) is 16.7. The predicted molar refractivity (Wildman–Crippen MR) is 86.7 cm³/mol. The number of ether oxygens (including phenoxy) is 2. The monoisotopic (exact) mass is 335 g/mol. The molecule has 0 saturated carbocycles. The Balaban J connectivity index is 1.87. The number of nitro groups is 1. The van der Waals surface area contributed by atoms with Crippen molar-refractivity contribution in [2.45, 2.75) is 38.1 Å². The Morgan fingerprint density at radius 2 is 2.21 bits per heavy atom. The van der Waals surface area contributed by atoms with Crippen LogP contribution in [0, 0.1) is 10.1 Å². The number of nitrogens with zero attached hydrogens (tertiary/aromatic N) is 2. The summed E-state index contributed by atoms with van der Waals surface area (Å²) in [4.78, 5) is 25.0. The zero-order valence-corrected chi connectivity index (χ0v) is 13.7. The molecule has 0 unspecified atom stereocenters. The molecule has 2 N–H and O–H groups in total. The van der Waals surface area contributed by atoms with Gasteiger partial charge < -0.3 is 20.1 Å². The first-order valence-electron chi connectivity index (χ1n) is 7.95. The molecule has 2 saturated heterocycles. The fraction of sp³-hybridized carbons (Fsp3) is 0.562. The molecule has 1 spiro atoms. The fourth-order valence-electron chi connectivity index (χ4n) is 3.47. The number of nitrogen functional groups attached to an aromatic ring is 1. The van der Waals surface area contributed by atoms with Crippen LogP contribution in [0.4, 0.5) is 11.4 Å². The third-order valence-corrected chi connectivity index (χ3v) is 4.77. The molecule has 2 fully saturated rings. The smallest absolute Gasteiger partial charge is 0.292 e.